The van der Waals surface area contributed by atoms with E-state index in [2.05, 4.69) is 13.2 Å². The summed E-state index contributed by atoms with van der Waals surface area (Å²) in [6.45, 7) is 15.2. The van der Waals surface area contributed by atoms with E-state index in [0.29, 0.717) is 11.1 Å². The van der Waals surface area contributed by atoms with Gasteiger partial charge in [0.05, 0.1) is 0 Å². The van der Waals surface area contributed by atoms with Crippen molar-refractivity contribution in [1.82, 2.24) is 0 Å². The van der Waals surface area contributed by atoms with Crippen molar-refractivity contribution in [3.05, 3.63) is 83.2 Å². The summed E-state index contributed by atoms with van der Waals surface area (Å²) in [6.07, 6.45) is 7.20. The molecule has 0 fully saturated rings. The van der Waals surface area contributed by atoms with Crippen molar-refractivity contribution in [2.75, 3.05) is 0 Å². The Morgan fingerprint density at radius 2 is 1.90 bits per heavy atom. The molecule has 1 rings (SSSR count). The van der Waals surface area contributed by atoms with Gasteiger partial charge in [-0.3, -0.25) is 0 Å². The standard InChI is InChI=1S/C20H23F/c1-7-9-14(3)20(21)17(6)12-15(4)19-11-10-18(8-2)16(5)13-19/h7-13H,2,4H2,1,3,5-6H3/b9-7+,17-12-,20-14+. The van der Waals surface area contributed by atoms with E-state index in [1.165, 1.54) is 0 Å². The maximum atomic E-state index is 14.2. The Labute approximate surface area is 127 Å². The molecule has 0 radical (unpaired) electrons. The van der Waals surface area contributed by atoms with Gasteiger partial charge in [0, 0.05) is 0 Å². The molecule has 21 heavy (non-hydrogen) atoms. The van der Waals surface area contributed by atoms with Crippen molar-refractivity contribution in [2.24, 2.45) is 0 Å². The molecule has 1 heteroatoms. The van der Waals surface area contributed by atoms with Crippen LogP contribution in [0.1, 0.15) is 37.5 Å². The third kappa shape index (κ3) is 4.42. The first-order valence-corrected chi connectivity index (χ1v) is 7.00. The predicted molar refractivity (Wildman–Crippen MR) is 92.7 cm³/mol. The van der Waals surface area contributed by atoms with E-state index < -0.39 is 0 Å². The average molecular weight is 282 g/mol. The van der Waals surface area contributed by atoms with Crippen LogP contribution in [0.3, 0.4) is 0 Å². The molecule has 0 saturated heterocycles. The molecule has 0 saturated carbocycles. The first-order valence-electron chi connectivity index (χ1n) is 7.00. The van der Waals surface area contributed by atoms with Gasteiger partial charge < -0.3 is 0 Å². The predicted octanol–water partition coefficient (Wildman–Crippen LogP) is 6.42. The SMILES string of the molecule is C=Cc1ccc(C(=C)\C=C(C)/C(F)=C(C)\C=C\C)cc1C. The number of hydrogen-bond donors (Lipinski definition) is 0. The Hall–Kier alpha value is -2.15. The van der Waals surface area contributed by atoms with Crippen molar-refractivity contribution in [3.8, 4) is 0 Å². The van der Waals surface area contributed by atoms with Gasteiger partial charge in [-0.1, -0.05) is 49.6 Å². The monoisotopic (exact) mass is 282 g/mol. The van der Waals surface area contributed by atoms with Gasteiger partial charge in [-0.15, -0.1) is 0 Å². The number of allylic oxidation sites excluding steroid dienone is 7. The lowest BCUT2D eigenvalue weighted by molar-refractivity contribution is 0.643. The van der Waals surface area contributed by atoms with Crippen LogP contribution < -0.4 is 0 Å². The van der Waals surface area contributed by atoms with Crippen LogP contribution in [-0.4, -0.2) is 0 Å². The van der Waals surface area contributed by atoms with Crippen LogP contribution in [0.5, 0.6) is 0 Å². The maximum Gasteiger partial charge on any atom is 0.129 e. The van der Waals surface area contributed by atoms with Gasteiger partial charge in [0.1, 0.15) is 5.83 Å². The van der Waals surface area contributed by atoms with E-state index in [0.717, 1.165) is 22.3 Å². The third-order valence-corrected chi connectivity index (χ3v) is 3.36. The highest BCUT2D eigenvalue weighted by Gasteiger charge is 2.05. The van der Waals surface area contributed by atoms with Gasteiger partial charge in [-0.25, -0.2) is 4.39 Å². The number of rotatable bonds is 5. The fourth-order valence-corrected chi connectivity index (χ4v) is 2.15. The summed E-state index contributed by atoms with van der Waals surface area (Å²) in [7, 11) is 0. The smallest absolute Gasteiger partial charge is 0.129 e. The summed E-state index contributed by atoms with van der Waals surface area (Å²) < 4.78 is 14.2. The molecule has 0 atom stereocenters. The van der Waals surface area contributed by atoms with Crippen LogP contribution in [0, 0.1) is 6.92 Å². The van der Waals surface area contributed by atoms with Crippen LogP contribution in [0.25, 0.3) is 11.6 Å². The Kier molecular flexibility index (Phi) is 6.10. The molecule has 1 aromatic carbocycles. The second kappa shape index (κ2) is 7.58. The molecule has 0 aliphatic heterocycles. The molecule has 0 nitrogen and oxygen atoms in total. The number of hydrogen-bond acceptors (Lipinski definition) is 0. The first kappa shape index (κ1) is 16.9. The highest BCUT2D eigenvalue weighted by molar-refractivity contribution is 5.75. The normalized spacial score (nSPS) is 13.3. The van der Waals surface area contributed by atoms with Crippen LogP contribution in [0.2, 0.25) is 0 Å². The van der Waals surface area contributed by atoms with Gasteiger partial charge in [-0.05, 0) is 67.2 Å². The summed E-state index contributed by atoms with van der Waals surface area (Å²) in [5, 5.41) is 0. The van der Waals surface area contributed by atoms with E-state index in [-0.39, 0.29) is 5.83 Å². The lowest BCUT2D eigenvalue weighted by Crippen LogP contribution is -1.88. The highest BCUT2D eigenvalue weighted by Crippen LogP contribution is 2.24. The molecule has 0 aliphatic carbocycles. The van der Waals surface area contributed by atoms with E-state index >= 15 is 0 Å². The Morgan fingerprint density at radius 3 is 2.43 bits per heavy atom. The fraction of sp³-hybridized carbons (Fsp3) is 0.200. The van der Waals surface area contributed by atoms with Gasteiger partial charge in [0.15, 0.2) is 0 Å². The van der Waals surface area contributed by atoms with Crippen molar-refractivity contribution >= 4 is 11.6 Å². The number of aryl methyl sites for hydroxylation is 1. The Morgan fingerprint density at radius 1 is 1.24 bits per heavy atom. The van der Waals surface area contributed by atoms with E-state index in [1.54, 1.807) is 26.0 Å². The zero-order chi connectivity index (χ0) is 16.0. The van der Waals surface area contributed by atoms with Gasteiger partial charge in [0.25, 0.3) is 0 Å². The lowest BCUT2D eigenvalue weighted by Gasteiger charge is -2.07. The molecule has 0 spiro atoms. The van der Waals surface area contributed by atoms with Gasteiger partial charge >= 0.3 is 0 Å². The second-order valence-electron chi connectivity index (χ2n) is 5.13. The third-order valence-electron chi connectivity index (χ3n) is 3.36. The van der Waals surface area contributed by atoms with E-state index in [1.807, 2.05) is 44.2 Å². The zero-order valence-electron chi connectivity index (χ0n) is 13.3. The summed E-state index contributed by atoms with van der Waals surface area (Å²) >= 11 is 0. The van der Waals surface area contributed by atoms with E-state index in [9.17, 15) is 4.39 Å². The van der Waals surface area contributed by atoms with Crippen LogP contribution in [0.15, 0.2) is 66.6 Å². The molecule has 0 amide bonds. The topological polar surface area (TPSA) is 0 Å². The highest BCUT2D eigenvalue weighted by atomic mass is 19.1. The van der Waals surface area contributed by atoms with Crippen molar-refractivity contribution in [1.29, 1.82) is 0 Å². The molecule has 1 aromatic rings. The molecule has 0 bridgehead atoms. The Balaban J connectivity index is 3.09. The minimum atomic E-state index is -0.200. The lowest BCUT2D eigenvalue weighted by atomic mass is 9.99. The summed E-state index contributed by atoms with van der Waals surface area (Å²) in [5.41, 5.74) is 5.24. The Bertz CT molecular complexity index is 640. The molecule has 110 valence electrons. The number of benzene rings is 1. The van der Waals surface area contributed by atoms with Gasteiger partial charge in [0.2, 0.25) is 0 Å². The second-order valence-corrected chi connectivity index (χ2v) is 5.13. The van der Waals surface area contributed by atoms with Crippen LogP contribution in [-0.2, 0) is 0 Å². The van der Waals surface area contributed by atoms with Crippen LogP contribution in [0.4, 0.5) is 4.39 Å². The molecule has 0 N–H and O–H groups in total. The molecule has 0 aromatic heterocycles. The minimum Gasteiger partial charge on any atom is -0.206 e. The zero-order valence-corrected chi connectivity index (χ0v) is 13.3. The van der Waals surface area contributed by atoms with Gasteiger partial charge in [-0.2, -0.15) is 0 Å². The molecular formula is C20H23F. The molecule has 0 unspecified atom stereocenters. The van der Waals surface area contributed by atoms with Crippen LogP contribution >= 0.6 is 0 Å². The average Bonchev–Trinajstić information content (AvgIpc) is 2.46. The quantitative estimate of drug-likeness (QED) is 0.547. The largest absolute Gasteiger partial charge is 0.206 e. The molecule has 0 heterocycles. The summed E-state index contributed by atoms with van der Waals surface area (Å²) in [6, 6.07) is 6.03. The van der Waals surface area contributed by atoms with Crippen molar-refractivity contribution in [2.45, 2.75) is 27.7 Å². The van der Waals surface area contributed by atoms with E-state index in [4.69, 9.17) is 0 Å². The fourth-order valence-electron chi connectivity index (χ4n) is 2.15. The maximum absolute atomic E-state index is 14.2. The minimum absolute atomic E-state index is 0.200. The summed E-state index contributed by atoms with van der Waals surface area (Å²) in [4.78, 5) is 0. The molecule has 0 aliphatic rings. The summed E-state index contributed by atoms with van der Waals surface area (Å²) in [5.74, 6) is -0.200. The molecular weight excluding hydrogens is 259 g/mol. The van der Waals surface area contributed by atoms with Crippen molar-refractivity contribution in [3.63, 3.8) is 0 Å². The van der Waals surface area contributed by atoms with Crippen molar-refractivity contribution < 1.29 is 4.39 Å². The first-order chi connectivity index (χ1) is 9.90. The number of halogens is 1.